The fourth-order valence-corrected chi connectivity index (χ4v) is 2.18. The zero-order chi connectivity index (χ0) is 12.8. The molecule has 0 saturated carbocycles. The summed E-state index contributed by atoms with van der Waals surface area (Å²) in [6.07, 6.45) is 0. The van der Waals surface area contributed by atoms with Crippen LogP contribution in [0.5, 0.6) is 0 Å². The summed E-state index contributed by atoms with van der Waals surface area (Å²) in [6.45, 7) is 6.45. The Morgan fingerprint density at radius 1 is 1.29 bits per heavy atom. The van der Waals surface area contributed by atoms with Gasteiger partial charge in [-0.3, -0.25) is 4.79 Å². The third-order valence-corrected chi connectivity index (χ3v) is 4.25. The van der Waals surface area contributed by atoms with Gasteiger partial charge in [0, 0.05) is 10.8 Å². The van der Waals surface area contributed by atoms with Crippen LogP contribution in [0.1, 0.15) is 36.7 Å². The Morgan fingerprint density at radius 3 is 2.35 bits per heavy atom. The van der Waals surface area contributed by atoms with E-state index in [9.17, 15) is 4.79 Å². The highest BCUT2D eigenvalue weighted by molar-refractivity contribution is 8.00. The first-order valence-electron chi connectivity index (χ1n) is 5.69. The van der Waals surface area contributed by atoms with Crippen molar-refractivity contribution in [2.75, 3.05) is 5.75 Å². The van der Waals surface area contributed by atoms with Crippen LogP contribution in [0.3, 0.4) is 0 Å². The highest BCUT2D eigenvalue weighted by Crippen LogP contribution is 2.19. The standard InChI is InChI=1S/C14H17NOS/c1-10(2)11(3)17-9-14(16)13-6-4-12(8-15)5-7-13/h4-7,10-11H,9H2,1-3H3. The summed E-state index contributed by atoms with van der Waals surface area (Å²) >= 11 is 1.68. The number of thioether (sulfide) groups is 1. The second-order valence-electron chi connectivity index (χ2n) is 4.37. The molecule has 0 heterocycles. The highest BCUT2D eigenvalue weighted by Gasteiger charge is 2.11. The van der Waals surface area contributed by atoms with Gasteiger partial charge in [0.2, 0.25) is 0 Å². The van der Waals surface area contributed by atoms with E-state index in [0.717, 1.165) is 0 Å². The topological polar surface area (TPSA) is 40.9 Å². The van der Waals surface area contributed by atoms with Crippen LogP contribution in [-0.4, -0.2) is 16.8 Å². The number of Topliss-reactive ketones (excluding diaryl/α,β-unsaturated/α-hetero) is 1. The van der Waals surface area contributed by atoms with Crippen molar-refractivity contribution < 1.29 is 4.79 Å². The lowest BCUT2D eigenvalue weighted by Gasteiger charge is -2.14. The van der Waals surface area contributed by atoms with Crippen LogP contribution in [0, 0.1) is 17.2 Å². The maximum absolute atomic E-state index is 11.9. The fraction of sp³-hybridized carbons (Fsp3) is 0.429. The van der Waals surface area contributed by atoms with Crippen molar-refractivity contribution in [1.29, 1.82) is 5.26 Å². The van der Waals surface area contributed by atoms with Crippen LogP contribution in [0.25, 0.3) is 0 Å². The number of ketones is 1. The van der Waals surface area contributed by atoms with Crippen molar-refractivity contribution >= 4 is 17.5 Å². The van der Waals surface area contributed by atoms with Gasteiger partial charge in [-0.25, -0.2) is 0 Å². The normalized spacial score (nSPS) is 12.2. The van der Waals surface area contributed by atoms with E-state index in [1.54, 1.807) is 36.0 Å². The molecule has 0 saturated heterocycles. The summed E-state index contributed by atoms with van der Waals surface area (Å²) in [5.74, 6) is 1.21. The Kier molecular flexibility index (Phi) is 5.24. The summed E-state index contributed by atoms with van der Waals surface area (Å²) in [6, 6.07) is 8.86. The van der Waals surface area contributed by atoms with Crippen molar-refractivity contribution in [3.05, 3.63) is 35.4 Å². The van der Waals surface area contributed by atoms with Crippen molar-refractivity contribution in [3.8, 4) is 6.07 Å². The Hall–Kier alpha value is -1.27. The maximum Gasteiger partial charge on any atom is 0.172 e. The Labute approximate surface area is 107 Å². The summed E-state index contributed by atoms with van der Waals surface area (Å²) in [5, 5.41) is 9.15. The minimum Gasteiger partial charge on any atom is -0.293 e. The number of carbonyl (C=O) groups is 1. The van der Waals surface area contributed by atoms with Crippen molar-refractivity contribution in [2.45, 2.75) is 26.0 Å². The summed E-state index contributed by atoms with van der Waals surface area (Å²) < 4.78 is 0. The van der Waals surface area contributed by atoms with Crippen LogP contribution >= 0.6 is 11.8 Å². The van der Waals surface area contributed by atoms with E-state index in [4.69, 9.17) is 5.26 Å². The second-order valence-corrected chi connectivity index (χ2v) is 5.74. The molecule has 2 nitrogen and oxygen atoms in total. The molecule has 0 spiro atoms. The van der Waals surface area contributed by atoms with Gasteiger partial charge in [-0.15, -0.1) is 0 Å². The van der Waals surface area contributed by atoms with E-state index < -0.39 is 0 Å². The number of nitrogens with zero attached hydrogens (tertiary/aromatic N) is 1. The van der Waals surface area contributed by atoms with Crippen molar-refractivity contribution in [2.24, 2.45) is 5.92 Å². The van der Waals surface area contributed by atoms with Gasteiger partial charge in [-0.1, -0.05) is 32.9 Å². The molecule has 0 aliphatic rings. The van der Waals surface area contributed by atoms with Crippen molar-refractivity contribution in [1.82, 2.24) is 0 Å². The van der Waals surface area contributed by atoms with Gasteiger partial charge in [0.25, 0.3) is 0 Å². The van der Waals surface area contributed by atoms with Crippen molar-refractivity contribution in [3.63, 3.8) is 0 Å². The predicted molar refractivity (Wildman–Crippen MR) is 72.2 cm³/mol. The van der Waals surface area contributed by atoms with Crippen LogP contribution < -0.4 is 0 Å². The molecule has 1 rings (SSSR count). The lowest BCUT2D eigenvalue weighted by Crippen LogP contribution is -2.11. The van der Waals surface area contributed by atoms with E-state index >= 15 is 0 Å². The fourth-order valence-electron chi connectivity index (χ4n) is 1.21. The number of carbonyl (C=O) groups excluding carboxylic acids is 1. The molecule has 0 aromatic heterocycles. The van der Waals surface area contributed by atoms with Crippen LogP contribution in [0.4, 0.5) is 0 Å². The SMILES string of the molecule is CC(C)C(C)SCC(=O)c1ccc(C#N)cc1. The largest absolute Gasteiger partial charge is 0.293 e. The number of benzene rings is 1. The molecule has 0 N–H and O–H groups in total. The monoisotopic (exact) mass is 247 g/mol. The molecule has 0 radical (unpaired) electrons. The zero-order valence-electron chi connectivity index (χ0n) is 10.4. The zero-order valence-corrected chi connectivity index (χ0v) is 11.3. The number of nitriles is 1. The number of hydrogen-bond donors (Lipinski definition) is 0. The molecule has 0 fully saturated rings. The first kappa shape index (κ1) is 13.8. The molecule has 0 aliphatic carbocycles. The third-order valence-electron chi connectivity index (χ3n) is 2.75. The molecule has 3 heteroatoms. The average molecular weight is 247 g/mol. The summed E-state index contributed by atoms with van der Waals surface area (Å²) in [5.41, 5.74) is 1.28. The van der Waals surface area contributed by atoms with Gasteiger partial charge in [-0.05, 0) is 18.1 Å². The Balaban J connectivity index is 2.56. The van der Waals surface area contributed by atoms with Crippen LogP contribution in [-0.2, 0) is 0 Å². The van der Waals surface area contributed by atoms with Gasteiger partial charge in [0.05, 0.1) is 17.4 Å². The predicted octanol–water partition coefficient (Wildman–Crippen LogP) is 3.52. The van der Waals surface area contributed by atoms with E-state index in [-0.39, 0.29) is 5.78 Å². The van der Waals surface area contributed by atoms with Crippen LogP contribution in [0.2, 0.25) is 0 Å². The summed E-state index contributed by atoms with van der Waals surface area (Å²) in [4.78, 5) is 11.9. The minimum atomic E-state index is 0.131. The molecule has 1 atom stereocenters. The molecule has 1 unspecified atom stereocenters. The summed E-state index contributed by atoms with van der Waals surface area (Å²) in [7, 11) is 0. The highest BCUT2D eigenvalue weighted by atomic mass is 32.2. The van der Waals surface area contributed by atoms with Gasteiger partial charge >= 0.3 is 0 Å². The third kappa shape index (κ3) is 4.24. The lowest BCUT2D eigenvalue weighted by molar-refractivity contribution is 0.102. The molecule has 17 heavy (non-hydrogen) atoms. The molecule has 1 aromatic rings. The van der Waals surface area contributed by atoms with E-state index in [1.165, 1.54) is 0 Å². The molecule has 90 valence electrons. The molecule has 0 amide bonds. The second kappa shape index (κ2) is 6.46. The van der Waals surface area contributed by atoms with Gasteiger partial charge in [0.1, 0.15) is 0 Å². The minimum absolute atomic E-state index is 0.131. The Bertz CT molecular complexity index is 417. The molecule has 0 bridgehead atoms. The average Bonchev–Trinajstić information content (AvgIpc) is 2.35. The quantitative estimate of drug-likeness (QED) is 0.747. The van der Waals surface area contributed by atoms with E-state index in [2.05, 4.69) is 20.8 Å². The molecular weight excluding hydrogens is 230 g/mol. The van der Waals surface area contributed by atoms with E-state index in [0.29, 0.717) is 28.0 Å². The maximum atomic E-state index is 11.9. The smallest absolute Gasteiger partial charge is 0.172 e. The molecular formula is C14H17NOS. The number of rotatable bonds is 5. The lowest BCUT2D eigenvalue weighted by atomic mass is 10.1. The van der Waals surface area contributed by atoms with Gasteiger partial charge in [0.15, 0.2) is 5.78 Å². The van der Waals surface area contributed by atoms with Crippen LogP contribution in [0.15, 0.2) is 24.3 Å². The Morgan fingerprint density at radius 2 is 1.88 bits per heavy atom. The molecule has 1 aromatic carbocycles. The van der Waals surface area contributed by atoms with Gasteiger partial charge < -0.3 is 0 Å². The molecule has 0 aliphatic heterocycles. The van der Waals surface area contributed by atoms with E-state index in [1.807, 2.05) is 6.07 Å². The first-order valence-corrected chi connectivity index (χ1v) is 6.74. The first-order chi connectivity index (χ1) is 8.04. The van der Waals surface area contributed by atoms with Gasteiger partial charge in [-0.2, -0.15) is 17.0 Å². The number of hydrogen-bond acceptors (Lipinski definition) is 3.